The number of morpholine rings is 1. The maximum absolute atomic E-state index is 12.9. The molecule has 6 nitrogen and oxygen atoms in total. The first-order valence-corrected chi connectivity index (χ1v) is 10.4. The van der Waals surface area contributed by atoms with Gasteiger partial charge in [-0.2, -0.15) is 5.26 Å². The number of rotatable bonds is 6. The monoisotopic (exact) mass is 421 g/mol. The van der Waals surface area contributed by atoms with E-state index >= 15 is 0 Å². The van der Waals surface area contributed by atoms with E-state index < -0.39 is 10.0 Å². The van der Waals surface area contributed by atoms with Gasteiger partial charge in [0.05, 0.1) is 35.8 Å². The minimum atomic E-state index is -3.71. The number of nitrogens with zero attached hydrogens (tertiary/aromatic N) is 2. The van der Waals surface area contributed by atoms with Crippen LogP contribution in [-0.4, -0.2) is 46.2 Å². The standard InChI is InChI=1S/C20H23N3O3S.ClH/c1-16-2-6-18(7-3-16)20(15-23-10-12-26-13-11-23)22-27(24,25)19-8-4-17(14-21)5-9-19;/h2-9,20,22H,10-13,15H2,1H3;1H. The Morgan fingerprint density at radius 2 is 1.71 bits per heavy atom. The molecule has 1 aliphatic heterocycles. The Labute approximate surface area is 172 Å². The summed E-state index contributed by atoms with van der Waals surface area (Å²) in [5.74, 6) is 0. The quantitative estimate of drug-likeness (QED) is 0.775. The van der Waals surface area contributed by atoms with E-state index in [1.807, 2.05) is 37.3 Å². The molecule has 2 aromatic rings. The fourth-order valence-electron chi connectivity index (χ4n) is 3.02. The van der Waals surface area contributed by atoms with Crippen LogP contribution in [0.15, 0.2) is 53.4 Å². The van der Waals surface area contributed by atoms with Crippen LogP contribution in [0.5, 0.6) is 0 Å². The Bertz CT molecular complexity index is 903. The normalized spacial score (nSPS) is 16.0. The number of ether oxygens (including phenoxy) is 1. The second-order valence-electron chi connectivity index (χ2n) is 6.63. The molecule has 28 heavy (non-hydrogen) atoms. The average molecular weight is 422 g/mol. The molecule has 1 fully saturated rings. The fraction of sp³-hybridized carbons (Fsp3) is 0.350. The molecule has 150 valence electrons. The summed E-state index contributed by atoms with van der Waals surface area (Å²) in [6.07, 6.45) is 0. The van der Waals surface area contributed by atoms with Gasteiger partial charge in [-0.25, -0.2) is 13.1 Å². The number of nitrogens with one attached hydrogen (secondary N) is 1. The third-order valence-corrected chi connectivity index (χ3v) is 6.10. The first kappa shape index (κ1) is 22.3. The topological polar surface area (TPSA) is 82.4 Å². The highest BCUT2D eigenvalue weighted by atomic mass is 35.5. The van der Waals surface area contributed by atoms with Crippen LogP contribution in [0.25, 0.3) is 0 Å². The molecule has 0 amide bonds. The van der Waals surface area contributed by atoms with Gasteiger partial charge in [-0.1, -0.05) is 29.8 Å². The summed E-state index contributed by atoms with van der Waals surface area (Å²) in [5.41, 5.74) is 2.47. The molecule has 1 N–H and O–H groups in total. The lowest BCUT2D eigenvalue weighted by Gasteiger charge is -2.31. The van der Waals surface area contributed by atoms with Crippen molar-refractivity contribution in [2.75, 3.05) is 32.8 Å². The number of nitriles is 1. The van der Waals surface area contributed by atoms with Gasteiger partial charge in [0.1, 0.15) is 0 Å². The first-order chi connectivity index (χ1) is 13.0. The van der Waals surface area contributed by atoms with Crippen molar-refractivity contribution in [3.63, 3.8) is 0 Å². The Kier molecular flexibility index (Phi) is 7.98. The van der Waals surface area contributed by atoms with Gasteiger partial charge in [-0.3, -0.25) is 4.90 Å². The van der Waals surface area contributed by atoms with E-state index in [-0.39, 0.29) is 23.3 Å². The summed E-state index contributed by atoms with van der Waals surface area (Å²) in [6, 6.07) is 15.5. The number of benzene rings is 2. The smallest absolute Gasteiger partial charge is 0.241 e. The van der Waals surface area contributed by atoms with Gasteiger partial charge in [0.25, 0.3) is 0 Å². The highest BCUT2D eigenvalue weighted by Crippen LogP contribution is 2.20. The van der Waals surface area contributed by atoms with E-state index in [4.69, 9.17) is 10.00 Å². The van der Waals surface area contributed by atoms with Crippen LogP contribution in [-0.2, 0) is 14.8 Å². The summed E-state index contributed by atoms with van der Waals surface area (Å²) in [6.45, 7) is 5.44. The van der Waals surface area contributed by atoms with Crippen LogP contribution in [0, 0.1) is 18.3 Å². The fourth-order valence-corrected chi connectivity index (χ4v) is 4.23. The van der Waals surface area contributed by atoms with Gasteiger partial charge in [-0.05, 0) is 36.8 Å². The molecule has 8 heteroatoms. The van der Waals surface area contributed by atoms with Crippen molar-refractivity contribution < 1.29 is 13.2 Å². The van der Waals surface area contributed by atoms with Crippen molar-refractivity contribution in [3.05, 3.63) is 65.2 Å². The highest BCUT2D eigenvalue weighted by Gasteiger charge is 2.24. The van der Waals surface area contributed by atoms with Crippen molar-refractivity contribution in [2.45, 2.75) is 17.9 Å². The number of sulfonamides is 1. The lowest BCUT2D eigenvalue weighted by atomic mass is 10.1. The maximum Gasteiger partial charge on any atom is 0.241 e. The van der Waals surface area contributed by atoms with Crippen molar-refractivity contribution >= 4 is 22.4 Å². The Hall–Kier alpha value is -1.95. The number of aryl methyl sites for hydroxylation is 1. The Morgan fingerprint density at radius 1 is 1.11 bits per heavy atom. The van der Waals surface area contributed by atoms with E-state index in [0.717, 1.165) is 24.2 Å². The van der Waals surface area contributed by atoms with Crippen LogP contribution >= 0.6 is 12.4 Å². The molecule has 1 heterocycles. The number of hydrogen-bond donors (Lipinski definition) is 1. The molecule has 1 unspecified atom stereocenters. The molecule has 1 saturated heterocycles. The van der Waals surface area contributed by atoms with Crippen LogP contribution < -0.4 is 4.72 Å². The average Bonchev–Trinajstić information content (AvgIpc) is 2.69. The second kappa shape index (κ2) is 10.0. The molecule has 0 radical (unpaired) electrons. The highest BCUT2D eigenvalue weighted by molar-refractivity contribution is 7.89. The minimum absolute atomic E-state index is 0. The van der Waals surface area contributed by atoms with Crippen molar-refractivity contribution in [2.24, 2.45) is 0 Å². The van der Waals surface area contributed by atoms with Crippen molar-refractivity contribution in [1.82, 2.24) is 9.62 Å². The molecule has 3 rings (SSSR count). The van der Waals surface area contributed by atoms with Crippen LogP contribution in [0.2, 0.25) is 0 Å². The van der Waals surface area contributed by atoms with Gasteiger partial charge < -0.3 is 4.74 Å². The molecule has 1 aliphatic rings. The zero-order valence-electron chi connectivity index (χ0n) is 15.7. The largest absolute Gasteiger partial charge is 0.379 e. The van der Waals surface area contributed by atoms with E-state index in [0.29, 0.717) is 25.3 Å². The number of hydrogen-bond acceptors (Lipinski definition) is 5. The lowest BCUT2D eigenvalue weighted by molar-refractivity contribution is 0.0345. The summed E-state index contributed by atoms with van der Waals surface area (Å²) in [5, 5.41) is 8.90. The number of halogens is 1. The molecule has 0 saturated carbocycles. The molecule has 0 spiro atoms. The van der Waals surface area contributed by atoms with Gasteiger partial charge in [0, 0.05) is 19.6 Å². The second-order valence-corrected chi connectivity index (χ2v) is 8.35. The van der Waals surface area contributed by atoms with Crippen molar-refractivity contribution in [1.29, 1.82) is 5.26 Å². The molecule has 0 aliphatic carbocycles. The van der Waals surface area contributed by atoms with E-state index in [1.54, 1.807) is 0 Å². The van der Waals surface area contributed by atoms with Gasteiger partial charge in [0.2, 0.25) is 10.0 Å². The van der Waals surface area contributed by atoms with Gasteiger partial charge >= 0.3 is 0 Å². The molecule has 0 aromatic heterocycles. The summed E-state index contributed by atoms with van der Waals surface area (Å²) in [4.78, 5) is 2.36. The van der Waals surface area contributed by atoms with Gasteiger partial charge in [0.15, 0.2) is 0 Å². The summed E-state index contributed by atoms with van der Waals surface area (Å²) >= 11 is 0. The third-order valence-electron chi connectivity index (χ3n) is 4.62. The van der Waals surface area contributed by atoms with Gasteiger partial charge in [-0.15, -0.1) is 12.4 Å². The van der Waals surface area contributed by atoms with Crippen molar-refractivity contribution in [3.8, 4) is 6.07 Å². The third kappa shape index (κ3) is 5.77. The Balaban J connectivity index is 0.00000280. The molecule has 0 bridgehead atoms. The first-order valence-electron chi connectivity index (χ1n) is 8.87. The molecule has 1 atom stereocenters. The van der Waals surface area contributed by atoms with Crippen LogP contribution in [0.3, 0.4) is 0 Å². The van der Waals surface area contributed by atoms with E-state index in [1.165, 1.54) is 24.3 Å². The zero-order valence-corrected chi connectivity index (χ0v) is 17.3. The predicted molar refractivity (Wildman–Crippen MR) is 110 cm³/mol. The summed E-state index contributed by atoms with van der Waals surface area (Å²) in [7, 11) is -3.71. The molecular weight excluding hydrogens is 398 g/mol. The van der Waals surface area contributed by atoms with E-state index in [2.05, 4.69) is 9.62 Å². The van der Waals surface area contributed by atoms with Crippen LogP contribution in [0.1, 0.15) is 22.7 Å². The molecular formula is C20H24ClN3O3S. The lowest BCUT2D eigenvalue weighted by Crippen LogP contribution is -2.43. The maximum atomic E-state index is 12.9. The predicted octanol–water partition coefficient (Wildman–Crippen LogP) is 2.64. The minimum Gasteiger partial charge on any atom is -0.379 e. The summed E-state index contributed by atoms with van der Waals surface area (Å²) < 4.78 is 34.0. The zero-order chi connectivity index (χ0) is 19.3. The van der Waals surface area contributed by atoms with E-state index in [9.17, 15) is 8.42 Å². The SMILES string of the molecule is Cc1ccc(C(CN2CCOCC2)NS(=O)(=O)c2ccc(C#N)cc2)cc1.Cl. The Morgan fingerprint density at radius 3 is 2.29 bits per heavy atom. The molecule has 2 aromatic carbocycles. The van der Waals surface area contributed by atoms with Crippen LogP contribution in [0.4, 0.5) is 0 Å².